The lowest BCUT2D eigenvalue weighted by Crippen LogP contribution is -2.31. The first-order valence-electron chi connectivity index (χ1n) is 13.2. The van der Waals surface area contributed by atoms with Gasteiger partial charge in [-0.3, -0.25) is 0 Å². The van der Waals surface area contributed by atoms with E-state index in [1.54, 1.807) is 109 Å². The van der Waals surface area contributed by atoms with Crippen molar-refractivity contribution in [1.29, 1.82) is 0 Å². The molecular formula is C33H37NO6P2+2. The molecule has 2 unspecified atom stereocenters. The van der Waals surface area contributed by atoms with E-state index in [2.05, 4.69) is 0 Å². The van der Waals surface area contributed by atoms with Crippen molar-refractivity contribution in [2.75, 3.05) is 6.61 Å². The number of benzene rings is 5. The topological polar surface area (TPSA) is 147 Å². The lowest BCUT2D eigenvalue weighted by atomic mass is 10.0. The summed E-state index contributed by atoms with van der Waals surface area (Å²) in [4.78, 5) is 40.5. The molecule has 42 heavy (non-hydrogen) atoms. The number of aliphatic hydroxyl groups excluding tert-OH is 2. The van der Waals surface area contributed by atoms with Gasteiger partial charge in [-0.2, -0.15) is 0 Å². The Balaban J connectivity index is 0.000000174. The van der Waals surface area contributed by atoms with Gasteiger partial charge < -0.3 is 15.9 Å². The Morgan fingerprint density at radius 3 is 0.929 bits per heavy atom. The molecule has 5 aromatic carbocycles. The zero-order valence-electron chi connectivity index (χ0n) is 23.0. The highest BCUT2D eigenvalue weighted by atomic mass is 31.2. The van der Waals surface area contributed by atoms with Crippen LogP contribution in [0.2, 0.25) is 0 Å². The fourth-order valence-electron chi connectivity index (χ4n) is 3.84. The molecule has 0 amide bonds. The molecule has 0 fully saturated rings. The molecule has 0 radical (unpaired) electrons. The van der Waals surface area contributed by atoms with E-state index < -0.39 is 27.6 Å². The highest BCUT2D eigenvalue weighted by Gasteiger charge is 2.39. The van der Waals surface area contributed by atoms with Gasteiger partial charge in [0.05, 0.1) is 18.8 Å². The van der Waals surface area contributed by atoms with Crippen LogP contribution < -0.4 is 27.0 Å². The molecule has 0 aliphatic carbocycles. The second kappa shape index (κ2) is 16.4. The Hall–Kier alpha value is -3.32. The summed E-state index contributed by atoms with van der Waals surface area (Å²) in [5, 5.41) is 20.5. The van der Waals surface area contributed by atoms with Crippen molar-refractivity contribution < 1.29 is 29.8 Å². The van der Waals surface area contributed by atoms with Crippen LogP contribution in [0.4, 0.5) is 0 Å². The molecule has 0 aliphatic rings. The maximum absolute atomic E-state index is 10.1. The number of aliphatic hydroxyl groups is 2. The summed E-state index contributed by atoms with van der Waals surface area (Å²) in [6, 6.07) is 44.2. The van der Waals surface area contributed by atoms with Crippen LogP contribution in [0.15, 0.2) is 152 Å². The van der Waals surface area contributed by atoms with Crippen LogP contribution in [0, 0.1) is 0 Å². The van der Waals surface area contributed by atoms with Crippen LogP contribution >= 0.6 is 15.4 Å². The second-order valence-electron chi connectivity index (χ2n) is 9.25. The van der Waals surface area contributed by atoms with Gasteiger partial charge in [-0.25, -0.2) is 19.6 Å². The van der Waals surface area contributed by atoms with Crippen LogP contribution in [0.5, 0.6) is 0 Å². The van der Waals surface area contributed by atoms with Crippen LogP contribution in [-0.4, -0.2) is 42.4 Å². The molecule has 8 N–H and O–H groups in total. The van der Waals surface area contributed by atoms with E-state index in [-0.39, 0.29) is 6.61 Å². The molecule has 2 atom stereocenters. The molecule has 0 spiro atoms. The molecule has 0 heterocycles. The largest absolute Gasteiger partial charge is 0.395 e. The van der Waals surface area contributed by atoms with Gasteiger partial charge in [-0.05, 0) is 54.1 Å². The number of hydrogen-bond acceptors (Lipinski definition) is 7. The second-order valence-corrected chi connectivity index (χ2v) is 13.7. The average molecular weight is 606 g/mol. The fourth-order valence-corrected chi connectivity index (χ4v) is 6.79. The number of nitrogens with two attached hydrogens (primary N) is 1. The van der Waals surface area contributed by atoms with Gasteiger partial charge in [-0.1, -0.05) is 103 Å². The van der Waals surface area contributed by atoms with Gasteiger partial charge in [0.2, 0.25) is 0 Å². The Bertz CT molecular complexity index is 1260. The molecule has 0 aromatic heterocycles. The van der Waals surface area contributed by atoms with E-state index in [0.29, 0.717) is 21.2 Å². The van der Waals surface area contributed by atoms with Gasteiger partial charge in [-0.15, -0.1) is 0 Å². The third-order valence-electron chi connectivity index (χ3n) is 6.22. The van der Waals surface area contributed by atoms with Gasteiger partial charge in [0.15, 0.2) is 21.2 Å². The molecular weight excluding hydrogens is 568 g/mol. The highest BCUT2D eigenvalue weighted by Crippen LogP contribution is 2.47. The third-order valence-corrected chi connectivity index (χ3v) is 10.3. The molecule has 7 nitrogen and oxygen atoms in total. The lowest BCUT2D eigenvalue weighted by molar-refractivity contribution is 0.109. The van der Waals surface area contributed by atoms with Crippen LogP contribution in [0.25, 0.3) is 0 Å². The Labute approximate surface area is 247 Å². The van der Waals surface area contributed by atoms with Crippen molar-refractivity contribution >= 4 is 36.7 Å². The quantitative estimate of drug-likeness (QED) is 0.141. The predicted molar refractivity (Wildman–Crippen MR) is 173 cm³/mol. The average Bonchev–Trinajstić information content (AvgIpc) is 3.06. The Kier molecular flexibility index (Phi) is 12.9. The van der Waals surface area contributed by atoms with Crippen LogP contribution in [-0.2, 0) is 0 Å². The Morgan fingerprint density at radius 2 is 0.690 bits per heavy atom. The van der Waals surface area contributed by atoms with Crippen LogP contribution in [0.3, 0.4) is 0 Å². The summed E-state index contributed by atoms with van der Waals surface area (Å²) in [5.74, 6) is 0. The van der Waals surface area contributed by atoms with Gasteiger partial charge >= 0.3 is 15.4 Å². The van der Waals surface area contributed by atoms with E-state index >= 15 is 0 Å². The molecule has 0 bridgehead atoms. The molecule has 5 rings (SSSR count). The fraction of sp³-hybridized carbons (Fsp3) is 0.0909. The van der Waals surface area contributed by atoms with E-state index in [9.17, 15) is 24.7 Å². The predicted octanol–water partition coefficient (Wildman–Crippen LogP) is 2.98. The minimum absolute atomic E-state index is 0.212. The highest BCUT2D eigenvalue weighted by molar-refractivity contribution is 7.79. The Morgan fingerprint density at radius 1 is 0.452 bits per heavy atom. The van der Waals surface area contributed by atoms with Crippen molar-refractivity contribution in [2.45, 2.75) is 12.1 Å². The van der Waals surface area contributed by atoms with Crippen LogP contribution in [0.1, 0.15) is 11.7 Å². The van der Waals surface area contributed by atoms with Crippen molar-refractivity contribution in [1.82, 2.24) is 0 Å². The lowest BCUT2D eigenvalue weighted by Gasteiger charge is -2.16. The third kappa shape index (κ3) is 9.35. The normalized spacial score (nSPS) is 12.5. The van der Waals surface area contributed by atoms with Gasteiger partial charge in [0.25, 0.3) is 0 Å². The number of hydrogen-bond donors (Lipinski definition) is 7. The monoisotopic (exact) mass is 605 g/mol. The van der Waals surface area contributed by atoms with E-state index in [4.69, 9.17) is 10.8 Å². The molecule has 9 heteroatoms. The molecule has 0 saturated carbocycles. The summed E-state index contributed by atoms with van der Waals surface area (Å²) in [6.45, 7) is -0.212. The maximum Gasteiger partial charge on any atom is 0.333 e. The minimum atomic E-state index is -3.15. The van der Waals surface area contributed by atoms with Gasteiger partial charge in [0.1, 0.15) is 0 Å². The zero-order chi connectivity index (χ0) is 30.4. The smallest absolute Gasteiger partial charge is 0.333 e. The zero-order valence-corrected chi connectivity index (χ0v) is 24.7. The van der Waals surface area contributed by atoms with E-state index in [1.165, 1.54) is 0 Å². The first-order chi connectivity index (χ1) is 20.2. The maximum atomic E-state index is 10.1. The van der Waals surface area contributed by atoms with Gasteiger partial charge in [0, 0.05) is 0 Å². The molecule has 218 valence electrons. The van der Waals surface area contributed by atoms with Crippen molar-refractivity contribution in [3.05, 3.63) is 157 Å². The number of rotatable bonds is 7. The first-order valence-corrected chi connectivity index (χ1v) is 16.6. The molecule has 0 saturated heterocycles. The summed E-state index contributed by atoms with van der Waals surface area (Å²) in [5.41, 5.74) is 6.18. The molecule has 0 aliphatic heterocycles. The van der Waals surface area contributed by atoms with E-state index in [1.807, 2.05) is 42.5 Å². The summed E-state index contributed by atoms with van der Waals surface area (Å²) in [7, 11) is -6.29. The standard InChI is InChI=1S/2C12H12O2P.C9H13NO2/c2*13-15(14,11-7-3-1-4-8-11)12-9-5-2-6-10-12;10-8(6-11)9(12)7-4-2-1-3-5-7/h2*1-10,13-14H;1-5,8-9,11-12H,6,10H2/q2*+1;. The van der Waals surface area contributed by atoms with Crippen molar-refractivity contribution in [3.63, 3.8) is 0 Å². The van der Waals surface area contributed by atoms with Crippen molar-refractivity contribution in [3.8, 4) is 0 Å². The van der Waals surface area contributed by atoms with E-state index in [0.717, 1.165) is 5.56 Å². The minimum Gasteiger partial charge on any atom is -0.395 e. The summed E-state index contributed by atoms with van der Waals surface area (Å²) >= 11 is 0. The first kappa shape index (κ1) is 33.2. The molecule has 5 aromatic rings. The summed E-state index contributed by atoms with van der Waals surface area (Å²) < 4.78 is 0. The summed E-state index contributed by atoms with van der Waals surface area (Å²) in [6.07, 6.45) is -0.781. The SMILES string of the molecule is NC(CO)C(O)c1ccccc1.O[P+](O)(c1ccccc1)c1ccccc1.O[P+](O)(c1ccccc1)c1ccccc1. The van der Waals surface area contributed by atoms with Crippen molar-refractivity contribution in [2.24, 2.45) is 5.73 Å².